The van der Waals surface area contributed by atoms with Crippen LogP contribution in [0.1, 0.15) is 41.4 Å². The van der Waals surface area contributed by atoms with Crippen LogP contribution in [0, 0.1) is 6.92 Å². The number of aromatic nitrogens is 1. The van der Waals surface area contributed by atoms with E-state index >= 15 is 0 Å². The van der Waals surface area contributed by atoms with Crippen LogP contribution in [-0.4, -0.2) is 11.0 Å². The first-order valence-corrected chi connectivity index (χ1v) is 9.44. The number of hydrogen-bond donors (Lipinski definition) is 2. The fraction of sp³-hybridized carbons (Fsp3) is 0.389. The zero-order chi connectivity index (χ0) is 16.7. The average Bonchev–Trinajstić information content (AvgIpc) is 3.27. The maximum atomic E-state index is 6.32. The molecular weight excluding hydrogens is 342 g/mol. The number of furan rings is 1. The summed E-state index contributed by atoms with van der Waals surface area (Å²) in [6, 6.07) is 5.99. The molecule has 1 aliphatic carbocycles. The summed E-state index contributed by atoms with van der Waals surface area (Å²) in [6.45, 7) is 2.76. The fourth-order valence-corrected chi connectivity index (χ4v) is 5.20. The predicted molar refractivity (Wildman–Crippen MR) is 100.0 cm³/mol. The van der Waals surface area contributed by atoms with Gasteiger partial charge in [-0.25, -0.2) is 4.98 Å². The van der Waals surface area contributed by atoms with E-state index in [1.807, 2.05) is 18.2 Å². The van der Waals surface area contributed by atoms with Crippen molar-refractivity contribution in [1.82, 2.24) is 4.98 Å². The number of pyridine rings is 1. The third-order valence-electron chi connectivity index (χ3n) is 4.82. The Morgan fingerprint density at radius 1 is 1.46 bits per heavy atom. The Balaban J connectivity index is 1.73. The van der Waals surface area contributed by atoms with E-state index < -0.39 is 0 Å². The zero-order valence-electron chi connectivity index (χ0n) is 13.5. The van der Waals surface area contributed by atoms with Crippen molar-refractivity contribution in [2.75, 3.05) is 5.32 Å². The Morgan fingerprint density at radius 2 is 2.33 bits per heavy atom. The summed E-state index contributed by atoms with van der Waals surface area (Å²) in [5.41, 5.74) is 9.54. The Labute approximate surface area is 150 Å². The number of halogens is 1. The van der Waals surface area contributed by atoms with Crippen LogP contribution in [0.5, 0.6) is 0 Å². The molecule has 2 atom stereocenters. The Morgan fingerprint density at radius 3 is 3.04 bits per heavy atom. The van der Waals surface area contributed by atoms with Gasteiger partial charge in [-0.3, -0.25) is 0 Å². The molecule has 4 rings (SSSR count). The van der Waals surface area contributed by atoms with E-state index in [4.69, 9.17) is 21.8 Å². The molecule has 0 aromatic carbocycles. The monoisotopic (exact) mass is 361 g/mol. The highest BCUT2D eigenvalue weighted by molar-refractivity contribution is 7.20. The van der Waals surface area contributed by atoms with Crippen LogP contribution in [0.25, 0.3) is 10.2 Å². The van der Waals surface area contributed by atoms with Gasteiger partial charge in [-0.15, -0.1) is 11.3 Å². The first-order valence-electron chi connectivity index (χ1n) is 8.25. The number of nitrogens with one attached hydrogen (secondary N) is 1. The summed E-state index contributed by atoms with van der Waals surface area (Å²) in [6.07, 6.45) is 5.16. The summed E-state index contributed by atoms with van der Waals surface area (Å²) < 4.78 is 6.55. The SMILES string of the molecule is Cc1c([C@H]2CCC[C@@H]2N)sc2c(NCc3ccco3)cc(Cl)nc12. The quantitative estimate of drug-likeness (QED) is 0.637. The summed E-state index contributed by atoms with van der Waals surface area (Å²) in [7, 11) is 0. The molecule has 1 aliphatic rings. The van der Waals surface area contributed by atoms with Crippen LogP contribution in [0.15, 0.2) is 28.9 Å². The van der Waals surface area contributed by atoms with Crippen LogP contribution in [0.3, 0.4) is 0 Å². The standard InChI is InChI=1S/C18H20ClN3OS/c1-10-16-18(24-17(10)12-5-2-6-13(12)20)14(8-15(19)22-16)21-9-11-4-3-7-23-11/h3-4,7-8,12-13H,2,5-6,9,20H2,1H3,(H,21,22)/t12-,13-/m0/s1. The number of hydrogen-bond acceptors (Lipinski definition) is 5. The van der Waals surface area contributed by atoms with Crippen molar-refractivity contribution in [3.05, 3.63) is 45.8 Å². The molecule has 6 heteroatoms. The molecule has 3 aromatic rings. The van der Waals surface area contributed by atoms with E-state index in [9.17, 15) is 0 Å². The lowest BCUT2D eigenvalue weighted by Crippen LogP contribution is -2.22. The molecule has 126 valence electrons. The van der Waals surface area contributed by atoms with Gasteiger partial charge < -0.3 is 15.5 Å². The van der Waals surface area contributed by atoms with Crippen LogP contribution in [0.2, 0.25) is 5.15 Å². The Hall–Kier alpha value is -1.56. The van der Waals surface area contributed by atoms with Gasteiger partial charge in [-0.05, 0) is 37.5 Å². The minimum Gasteiger partial charge on any atom is -0.467 e. The minimum absolute atomic E-state index is 0.256. The van der Waals surface area contributed by atoms with Gasteiger partial charge in [0.05, 0.1) is 28.7 Å². The van der Waals surface area contributed by atoms with Crippen LogP contribution in [-0.2, 0) is 6.54 Å². The predicted octanol–water partition coefficient (Wildman–Crippen LogP) is 5.06. The van der Waals surface area contributed by atoms with Crippen molar-refractivity contribution in [1.29, 1.82) is 0 Å². The smallest absolute Gasteiger partial charge is 0.131 e. The van der Waals surface area contributed by atoms with Crippen molar-refractivity contribution in [2.45, 2.75) is 44.7 Å². The van der Waals surface area contributed by atoms with E-state index in [2.05, 4.69) is 17.2 Å². The maximum Gasteiger partial charge on any atom is 0.131 e. The summed E-state index contributed by atoms with van der Waals surface area (Å²) >= 11 is 8.06. The molecule has 1 saturated carbocycles. The molecule has 4 nitrogen and oxygen atoms in total. The van der Waals surface area contributed by atoms with Crippen LogP contribution < -0.4 is 11.1 Å². The number of anilines is 1. The molecule has 0 aliphatic heterocycles. The summed E-state index contributed by atoms with van der Waals surface area (Å²) in [5, 5.41) is 3.94. The highest BCUT2D eigenvalue weighted by atomic mass is 35.5. The molecule has 3 heterocycles. The molecular formula is C18H20ClN3OS. The molecule has 0 bridgehead atoms. The van der Waals surface area contributed by atoms with E-state index in [-0.39, 0.29) is 6.04 Å². The third kappa shape index (κ3) is 2.81. The molecule has 0 unspecified atom stereocenters. The van der Waals surface area contributed by atoms with Crippen molar-refractivity contribution >= 4 is 38.8 Å². The topological polar surface area (TPSA) is 64.1 Å². The second-order valence-electron chi connectivity index (χ2n) is 6.40. The third-order valence-corrected chi connectivity index (χ3v) is 6.46. The fourth-order valence-electron chi connectivity index (χ4n) is 3.56. The summed E-state index contributed by atoms with van der Waals surface area (Å²) in [5.74, 6) is 1.34. The highest BCUT2D eigenvalue weighted by Gasteiger charge is 2.29. The second-order valence-corrected chi connectivity index (χ2v) is 7.84. The first kappa shape index (κ1) is 15.9. The number of thiophene rings is 1. The van der Waals surface area contributed by atoms with Gasteiger partial charge >= 0.3 is 0 Å². The van der Waals surface area contributed by atoms with Crippen molar-refractivity contribution in [3.8, 4) is 0 Å². The number of nitrogens with zero attached hydrogens (tertiary/aromatic N) is 1. The van der Waals surface area contributed by atoms with Gasteiger partial charge in [0.1, 0.15) is 10.9 Å². The molecule has 1 fully saturated rings. The van der Waals surface area contributed by atoms with Crippen molar-refractivity contribution < 1.29 is 4.42 Å². The Kier molecular flexibility index (Phi) is 4.24. The lowest BCUT2D eigenvalue weighted by atomic mass is 9.99. The van der Waals surface area contributed by atoms with E-state index in [0.29, 0.717) is 17.6 Å². The molecule has 3 aromatic heterocycles. The van der Waals surface area contributed by atoms with Gasteiger partial charge in [0.2, 0.25) is 0 Å². The normalized spacial score (nSPS) is 20.8. The lowest BCUT2D eigenvalue weighted by molar-refractivity contribution is 0.518. The minimum atomic E-state index is 0.256. The molecule has 0 saturated heterocycles. The summed E-state index contributed by atoms with van der Waals surface area (Å²) in [4.78, 5) is 5.94. The lowest BCUT2D eigenvalue weighted by Gasteiger charge is -2.14. The second kappa shape index (κ2) is 6.39. The number of fused-ring (bicyclic) bond motifs is 1. The van der Waals surface area contributed by atoms with Gasteiger partial charge in [0.15, 0.2) is 0 Å². The molecule has 24 heavy (non-hydrogen) atoms. The van der Waals surface area contributed by atoms with Crippen molar-refractivity contribution in [2.24, 2.45) is 5.73 Å². The highest BCUT2D eigenvalue weighted by Crippen LogP contribution is 2.44. The van der Waals surface area contributed by atoms with Crippen LogP contribution >= 0.6 is 22.9 Å². The van der Waals surface area contributed by atoms with Gasteiger partial charge in [0, 0.05) is 22.9 Å². The maximum absolute atomic E-state index is 6.32. The van der Waals surface area contributed by atoms with E-state index in [1.54, 1.807) is 17.6 Å². The van der Waals surface area contributed by atoms with Crippen LogP contribution in [0.4, 0.5) is 5.69 Å². The van der Waals surface area contributed by atoms with Crippen molar-refractivity contribution in [3.63, 3.8) is 0 Å². The average molecular weight is 362 g/mol. The largest absolute Gasteiger partial charge is 0.467 e. The van der Waals surface area contributed by atoms with Gasteiger partial charge in [-0.2, -0.15) is 0 Å². The molecule has 0 amide bonds. The van der Waals surface area contributed by atoms with Gasteiger partial charge in [0.25, 0.3) is 0 Å². The van der Waals surface area contributed by atoms with Gasteiger partial charge in [-0.1, -0.05) is 18.0 Å². The van der Waals surface area contributed by atoms with E-state index in [1.165, 1.54) is 16.9 Å². The number of nitrogens with two attached hydrogens (primary N) is 1. The number of rotatable bonds is 4. The molecule has 0 spiro atoms. The zero-order valence-corrected chi connectivity index (χ0v) is 15.1. The Bertz CT molecular complexity index is 859. The van der Waals surface area contributed by atoms with E-state index in [0.717, 1.165) is 34.5 Å². The molecule has 0 radical (unpaired) electrons. The molecule has 3 N–H and O–H groups in total. The first-order chi connectivity index (χ1) is 11.6. The number of aryl methyl sites for hydroxylation is 1.